The highest BCUT2D eigenvalue weighted by molar-refractivity contribution is 5.33. The fourth-order valence-electron chi connectivity index (χ4n) is 2.06. The van der Waals surface area contributed by atoms with Crippen molar-refractivity contribution in [3.63, 3.8) is 0 Å². The summed E-state index contributed by atoms with van der Waals surface area (Å²) in [5, 5.41) is 8.90. The minimum absolute atomic E-state index is 0.219. The predicted molar refractivity (Wildman–Crippen MR) is 76.2 cm³/mol. The maximum Gasteiger partial charge on any atom is 0.127 e. The van der Waals surface area contributed by atoms with E-state index in [0.29, 0.717) is 23.7 Å². The van der Waals surface area contributed by atoms with Gasteiger partial charge in [-0.1, -0.05) is 20.3 Å². The highest BCUT2D eigenvalue weighted by atomic mass is 19.1. The molecule has 0 heterocycles. The molecule has 0 amide bonds. The van der Waals surface area contributed by atoms with E-state index in [1.54, 1.807) is 6.07 Å². The first-order valence-electron chi connectivity index (χ1n) is 7.04. The number of nitriles is 1. The SMILES string of the molecule is CCCCN(Cc1cc(C#N)ccc1F)C(C)CC. The minimum atomic E-state index is -0.219. The Balaban J connectivity index is 2.86. The number of halogens is 1. The molecule has 0 aliphatic rings. The lowest BCUT2D eigenvalue weighted by atomic mass is 10.1. The monoisotopic (exact) mass is 262 g/mol. The van der Waals surface area contributed by atoms with E-state index < -0.39 is 0 Å². The van der Waals surface area contributed by atoms with Crippen LogP contribution in [0.3, 0.4) is 0 Å². The Bertz CT molecular complexity index is 437. The molecule has 2 nitrogen and oxygen atoms in total. The summed E-state index contributed by atoms with van der Waals surface area (Å²) in [6.45, 7) is 8.02. The maximum atomic E-state index is 13.8. The highest BCUT2D eigenvalue weighted by Gasteiger charge is 2.14. The zero-order valence-electron chi connectivity index (χ0n) is 12.1. The van der Waals surface area contributed by atoms with Gasteiger partial charge >= 0.3 is 0 Å². The van der Waals surface area contributed by atoms with E-state index in [0.717, 1.165) is 25.8 Å². The molecule has 0 aromatic heterocycles. The van der Waals surface area contributed by atoms with E-state index in [-0.39, 0.29) is 5.82 Å². The fourth-order valence-corrected chi connectivity index (χ4v) is 2.06. The van der Waals surface area contributed by atoms with Crippen molar-refractivity contribution in [1.29, 1.82) is 5.26 Å². The van der Waals surface area contributed by atoms with Gasteiger partial charge in [-0.3, -0.25) is 4.90 Å². The van der Waals surface area contributed by atoms with Gasteiger partial charge in [0.15, 0.2) is 0 Å². The summed E-state index contributed by atoms with van der Waals surface area (Å²) in [5.74, 6) is -0.219. The highest BCUT2D eigenvalue weighted by Crippen LogP contribution is 2.16. The Morgan fingerprint density at radius 1 is 1.37 bits per heavy atom. The van der Waals surface area contributed by atoms with Crippen LogP contribution in [-0.2, 0) is 6.54 Å². The van der Waals surface area contributed by atoms with E-state index >= 15 is 0 Å². The van der Waals surface area contributed by atoms with E-state index in [1.165, 1.54) is 12.1 Å². The lowest BCUT2D eigenvalue weighted by Gasteiger charge is -2.28. The Labute approximate surface area is 115 Å². The second-order valence-electron chi connectivity index (χ2n) is 5.00. The quantitative estimate of drug-likeness (QED) is 0.739. The van der Waals surface area contributed by atoms with Crippen LogP contribution >= 0.6 is 0 Å². The van der Waals surface area contributed by atoms with Crippen LogP contribution in [0.1, 0.15) is 51.2 Å². The van der Waals surface area contributed by atoms with E-state index in [9.17, 15) is 4.39 Å². The second-order valence-corrected chi connectivity index (χ2v) is 5.00. The first-order valence-corrected chi connectivity index (χ1v) is 7.04. The van der Waals surface area contributed by atoms with Crippen molar-refractivity contribution in [3.05, 3.63) is 35.1 Å². The summed E-state index contributed by atoms with van der Waals surface area (Å²) in [6, 6.07) is 7.08. The molecule has 0 radical (unpaired) electrons. The van der Waals surface area contributed by atoms with Gasteiger partial charge in [-0.25, -0.2) is 4.39 Å². The van der Waals surface area contributed by atoms with Crippen molar-refractivity contribution in [2.75, 3.05) is 6.54 Å². The molecule has 0 saturated carbocycles. The van der Waals surface area contributed by atoms with Gasteiger partial charge < -0.3 is 0 Å². The molecule has 0 aliphatic heterocycles. The van der Waals surface area contributed by atoms with Gasteiger partial charge in [0.05, 0.1) is 11.6 Å². The van der Waals surface area contributed by atoms with Gasteiger partial charge in [-0.15, -0.1) is 0 Å². The predicted octanol–water partition coefficient (Wildman–Crippen LogP) is 4.10. The van der Waals surface area contributed by atoms with Gasteiger partial charge in [-0.2, -0.15) is 5.26 Å². The van der Waals surface area contributed by atoms with Gasteiger partial charge in [-0.05, 0) is 44.5 Å². The molecule has 0 fully saturated rings. The number of unbranched alkanes of at least 4 members (excludes halogenated alkanes) is 1. The Hall–Kier alpha value is -1.40. The molecule has 0 spiro atoms. The third-order valence-electron chi connectivity index (χ3n) is 3.56. The zero-order valence-corrected chi connectivity index (χ0v) is 12.1. The molecule has 0 bridgehead atoms. The van der Waals surface area contributed by atoms with Crippen LogP contribution in [0.2, 0.25) is 0 Å². The van der Waals surface area contributed by atoms with E-state index in [2.05, 4.69) is 31.7 Å². The standard InChI is InChI=1S/C16H23FN2/c1-4-6-9-19(13(3)5-2)12-15-10-14(11-18)7-8-16(15)17/h7-8,10,13H,4-6,9,12H2,1-3H3. The third-order valence-corrected chi connectivity index (χ3v) is 3.56. The molecular formula is C16H23FN2. The van der Waals surface area contributed by atoms with Crippen molar-refractivity contribution in [3.8, 4) is 6.07 Å². The first-order chi connectivity index (χ1) is 9.12. The van der Waals surface area contributed by atoms with Gasteiger partial charge in [0, 0.05) is 18.2 Å². The van der Waals surface area contributed by atoms with Gasteiger partial charge in [0.25, 0.3) is 0 Å². The second kappa shape index (κ2) is 7.91. The molecule has 1 aromatic carbocycles. The summed E-state index contributed by atoms with van der Waals surface area (Å²) in [4.78, 5) is 2.29. The number of hydrogen-bond donors (Lipinski definition) is 0. The van der Waals surface area contributed by atoms with Crippen LogP contribution in [0.25, 0.3) is 0 Å². The molecule has 3 heteroatoms. The van der Waals surface area contributed by atoms with Gasteiger partial charge in [0.1, 0.15) is 5.82 Å². The average molecular weight is 262 g/mol. The Kier molecular flexibility index (Phi) is 6.52. The smallest absolute Gasteiger partial charge is 0.127 e. The third kappa shape index (κ3) is 4.65. The minimum Gasteiger partial charge on any atom is -0.296 e. The van der Waals surface area contributed by atoms with Crippen LogP contribution in [0.4, 0.5) is 4.39 Å². The van der Waals surface area contributed by atoms with Crippen molar-refractivity contribution in [2.24, 2.45) is 0 Å². The normalized spacial score (nSPS) is 12.4. The van der Waals surface area contributed by atoms with Crippen LogP contribution < -0.4 is 0 Å². The molecule has 1 atom stereocenters. The summed E-state index contributed by atoms with van der Waals surface area (Å²) in [5.41, 5.74) is 1.14. The van der Waals surface area contributed by atoms with Crippen molar-refractivity contribution in [1.82, 2.24) is 4.90 Å². The summed E-state index contributed by atoms with van der Waals surface area (Å²) in [6.07, 6.45) is 3.29. The molecule has 1 unspecified atom stereocenters. The van der Waals surface area contributed by atoms with Crippen LogP contribution in [0.5, 0.6) is 0 Å². The molecule has 104 valence electrons. The van der Waals surface area contributed by atoms with Crippen LogP contribution in [0, 0.1) is 17.1 Å². The Morgan fingerprint density at radius 3 is 2.68 bits per heavy atom. The Morgan fingerprint density at radius 2 is 2.11 bits per heavy atom. The number of nitrogens with zero attached hydrogens (tertiary/aromatic N) is 2. The average Bonchev–Trinajstić information content (AvgIpc) is 2.44. The molecule has 0 saturated heterocycles. The van der Waals surface area contributed by atoms with Crippen molar-refractivity contribution >= 4 is 0 Å². The molecule has 19 heavy (non-hydrogen) atoms. The largest absolute Gasteiger partial charge is 0.296 e. The lowest BCUT2D eigenvalue weighted by Crippen LogP contribution is -2.33. The van der Waals surface area contributed by atoms with Crippen LogP contribution in [0.15, 0.2) is 18.2 Å². The molecule has 0 aliphatic carbocycles. The molecular weight excluding hydrogens is 239 g/mol. The first kappa shape index (κ1) is 15.7. The van der Waals surface area contributed by atoms with Crippen LogP contribution in [-0.4, -0.2) is 17.5 Å². The van der Waals surface area contributed by atoms with Gasteiger partial charge in [0.2, 0.25) is 0 Å². The molecule has 1 aromatic rings. The molecule has 0 N–H and O–H groups in total. The fraction of sp³-hybridized carbons (Fsp3) is 0.562. The number of benzene rings is 1. The summed E-state index contributed by atoms with van der Waals surface area (Å²) >= 11 is 0. The molecule has 1 rings (SSSR count). The lowest BCUT2D eigenvalue weighted by molar-refractivity contribution is 0.190. The van der Waals surface area contributed by atoms with Crippen molar-refractivity contribution in [2.45, 2.75) is 52.6 Å². The number of rotatable bonds is 7. The van der Waals surface area contributed by atoms with Crippen molar-refractivity contribution < 1.29 is 4.39 Å². The van der Waals surface area contributed by atoms with E-state index in [4.69, 9.17) is 5.26 Å². The van der Waals surface area contributed by atoms with E-state index in [1.807, 2.05) is 0 Å². The summed E-state index contributed by atoms with van der Waals surface area (Å²) < 4.78 is 13.8. The maximum absolute atomic E-state index is 13.8. The number of hydrogen-bond acceptors (Lipinski definition) is 2. The summed E-state index contributed by atoms with van der Waals surface area (Å²) in [7, 11) is 0. The zero-order chi connectivity index (χ0) is 14.3. The topological polar surface area (TPSA) is 27.0 Å².